The van der Waals surface area contributed by atoms with Crippen LogP contribution in [-0.4, -0.2) is 40.1 Å². The summed E-state index contributed by atoms with van der Waals surface area (Å²) in [6.45, 7) is 2.10. The van der Waals surface area contributed by atoms with Gasteiger partial charge in [-0.15, -0.1) is 0 Å². The van der Waals surface area contributed by atoms with Crippen LogP contribution >= 0.6 is 15.9 Å². The first-order valence-corrected chi connectivity index (χ1v) is 6.43. The second-order valence-electron chi connectivity index (χ2n) is 3.72. The number of nitrogens with one attached hydrogen (secondary N) is 1. The molecule has 1 aromatic heterocycles. The van der Waals surface area contributed by atoms with Crippen LogP contribution < -0.4 is 5.32 Å². The Kier molecular flexibility index (Phi) is 5.33. The van der Waals surface area contributed by atoms with Gasteiger partial charge in [0, 0.05) is 19.8 Å². The molecule has 0 aliphatic carbocycles. The molecule has 7 heteroatoms. The molecule has 0 saturated carbocycles. The van der Waals surface area contributed by atoms with Crippen molar-refractivity contribution >= 4 is 27.8 Å². The number of carbonyl (C=O) groups excluding carboxylic acids is 2. The van der Waals surface area contributed by atoms with Crippen molar-refractivity contribution < 1.29 is 14.3 Å². The zero-order valence-electron chi connectivity index (χ0n) is 10.6. The van der Waals surface area contributed by atoms with Crippen LogP contribution in [0.25, 0.3) is 0 Å². The van der Waals surface area contributed by atoms with Crippen molar-refractivity contribution in [3.8, 4) is 0 Å². The van der Waals surface area contributed by atoms with Gasteiger partial charge in [0.05, 0.1) is 18.4 Å². The van der Waals surface area contributed by atoms with Gasteiger partial charge in [0.25, 0.3) is 5.91 Å². The summed E-state index contributed by atoms with van der Waals surface area (Å²) >= 11 is 3.14. The maximum absolute atomic E-state index is 11.9. The molecule has 0 fully saturated rings. The summed E-state index contributed by atoms with van der Waals surface area (Å²) in [6.07, 6.45) is 2.34. The van der Waals surface area contributed by atoms with E-state index in [0.29, 0.717) is 12.0 Å². The first kappa shape index (κ1) is 14.7. The molecular formula is C11H16BrN3O3. The molecule has 6 nitrogen and oxygen atoms in total. The average molecular weight is 318 g/mol. The lowest BCUT2D eigenvalue weighted by Crippen LogP contribution is -2.34. The Labute approximate surface area is 114 Å². The molecule has 1 aromatic rings. The summed E-state index contributed by atoms with van der Waals surface area (Å²) in [6, 6.07) is 0. The maximum Gasteiger partial charge on any atom is 0.321 e. The highest BCUT2D eigenvalue weighted by atomic mass is 79.9. The number of halogens is 1. The average Bonchev–Trinajstić information content (AvgIpc) is 2.75. The van der Waals surface area contributed by atoms with Crippen LogP contribution in [0.4, 0.5) is 0 Å². The SMILES string of the molecule is CCc1nn(C)cc1C(=O)NCC(Br)C(=O)OC. The molecule has 0 saturated heterocycles. The summed E-state index contributed by atoms with van der Waals surface area (Å²) in [5, 5.41) is 6.84. The Bertz CT molecular complexity index is 445. The van der Waals surface area contributed by atoms with Crippen molar-refractivity contribution in [1.29, 1.82) is 0 Å². The third-order valence-corrected chi connectivity index (χ3v) is 3.08. The molecule has 0 aliphatic heterocycles. The molecule has 0 radical (unpaired) electrons. The third kappa shape index (κ3) is 3.56. The van der Waals surface area contributed by atoms with Crippen LogP contribution in [0.5, 0.6) is 0 Å². The Morgan fingerprint density at radius 2 is 2.28 bits per heavy atom. The predicted octanol–water partition coefficient (Wildman–Crippen LogP) is 0.649. The molecular weight excluding hydrogens is 302 g/mol. The normalized spacial score (nSPS) is 12.0. The smallest absolute Gasteiger partial charge is 0.321 e. The third-order valence-electron chi connectivity index (χ3n) is 2.38. The molecule has 0 aromatic carbocycles. The number of rotatable bonds is 5. The summed E-state index contributed by atoms with van der Waals surface area (Å²) in [5.41, 5.74) is 1.27. The van der Waals surface area contributed by atoms with E-state index in [1.54, 1.807) is 17.9 Å². The molecule has 0 aliphatic rings. The van der Waals surface area contributed by atoms with Crippen LogP contribution in [-0.2, 0) is 23.0 Å². The number of nitrogens with zero attached hydrogens (tertiary/aromatic N) is 2. The molecule has 1 amide bonds. The summed E-state index contributed by atoms with van der Waals surface area (Å²) < 4.78 is 6.14. The number of amides is 1. The van der Waals surface area contributed by atoms with Gasteiger partial charge in [0.2, 0.25) is 0 Å². The Hall–Kier alpha value is -1.37. The summed E-state index contributed by atoms with van der Waals surface area (Å²) in [4.78, 5) is 22.5. The first-order chi connectivity index (χ1) is 8.49. The van der Waals surface area contributed by atoms with Crippen molar-refractivity contribution in [1.82, 2.24) is 15.1 Å². The maximum atomic E-state index is 11.9. The highest BCUT2D eigenvalue weighted by Crippen LogP contribution is 2.07. The molecule has 100 valence electrons. The molecule has 18 heavy (non-hydrogen) atoms. The molecule has 0 spiro atoms. The van der Waals surface area contributed by atoms with E-state index in [2.05, 4.69) is 31.1 Å². The predicted molar refractivity (Wildman–Crippen MR) is 69.7 cm³/mol. The first-order valence-electron chi connectivity index (χ1n) is 5.52. The number of aryl methyl sites for hydroxylation is 2. The van der Waals surface area contributed by atoms with Gasteiger partial charge < -0.3 is 10.1 Å². The fraction of sp³-hybridized carbons (Fsp3) is 0.545. The number of carbonyl (C=O) groups is 2. The lowest BCUT2D eigenvalue weighted by Gasteiger charge is -2.08. The largest absolute Gasteiger partial charge is 0.468 e. The zero-order valence-corrected chi connectivity index (χ0v) is 12.2. The van der Waals surface area contributed by atoms with Gasteiger partial charge in [-0.05, 0) is 6.42 Å². The fourth-order valence-corrected chi connectivity index (χ4v) is 1.82. The fourth-order valence-electron chi connectivity index (χ4n) is 1.47. The molecule has 1 rings (SSSR count). The number of hydrogen-bond acceptors (Lipinski definition) is 4. The molecule has 1 atom stereocenters. The van der Waals surface area contributed by atoms with E-state index in [4.69, 9.17) is 0 Å². The molecule has 1 N–H and O–H groups in total. The van der Waals surface area contributed by atoms with Crippen molar-refractivity contribution in [2.45, 2.75) is 18.2 Å². The molecule has 0 bridgehead atoms. The lowest BCUT2D eigenvalue weighted by molar-refractivity contribution is -0.139. The summed E-state index contributed by atoms with van der Waals surface area (Å²) in [7, 11) is 3.06. The van der Waals surface area contributed by atoms with Crippen LogP contribution in [0.3, 0.4) is 0 Å². The topological polar surface area (TPSA) is 73.2 Å². The van der Waals surface area contributed by atoms with E-state index >= 15 is 0 Å². The van der Waals surface area contributed by atoms with E-state index in [-0.39, 0.29) is 12.5 Å². The van der Waals surface area contributed by atoms with Crippen molar-refractivity contribution in [2.24, 2.45) is 7.05 Å². The zero-order chi connectivity index (χ0) is 13.7. The minimum absolute atomic E-state index is 0.170. The Morgan fingerprint density at radius 3 is 2.83 bits per heavy atom. The Morgan fingerprint density at radius 1 is 1.61 bits per heavy atom. The number of methoxy groups -OCH3 is 1. The van der Waals surface area contributed by atoms with E-state index in [1.807, 2.05) is 6.92 Å². The van der Waals surface area contributed by atoms with Gasteiger partial charge >= 0.3 is 5.97 Å². The molecule has 1 unspecified atom stereocenters. The minimum Gasteiger partial charge on any atom is -0.468 e. The van der Waals surface area contributed by atoms with Crippen LogP contribution in [0.2, 0.25) is 0 Å². The van der Waals surface area contributed by atoms with Crippen molar-refractivity contribution in [3.05, 3.63) is 17.5 Å². The van der Waals surface area contributed by atoms with Crippen LogP contribution in [0.1, 0.15) is 23.0 Å². The standard InChI is InChI=1S/C11H16BrN3O3/c1-4-9-7(6-15(2)14-9)10(16)13-5-8(12)11(17)18-3/h6,8H,4-5H2,1-3H3,(H,13,16). The van der Waals surface area contributed by atoms with Gasteiger partial charge in [-0.2, -0.15) is 5.10 Å². The highest BCUT2D eigenvalue weighted by molar-refractivity contribution is 9.10. The molecule has 1 heterocycles. The highest BCUT2D eigenvalue weighted by Gasteiger charge is 2.19. The van der Waals surface area contributed by atoms with E-state index in [1.165, 1.54) is 7.11 Å². The minimum atomic E-state index is -0.548. The van der Waals surface area contributed by atoms with Gasteiger partial charge in [0.15, 0.2) is 0 Å². The van der Waals surface area contributed by atoms with E-state index in [0.717, 1.165) is 5.69 Å². The number of hydrogen-bond donors (Lipinski definition) is 1. The van der Waals surface area contributed by atoms with Gasteiger partial charge in [-0.3, -0.25) is 14.3 Å². The van der Waals surface area contributed by atoms with Gasteiger partial charge in [0.1, 0.15) is 4.83 Å². The number of aromatic nitrogens is 2. The lowest BCUT2D eigenvalue weighted by atomic mass is 10.2. The number of ether oxygens (including phenoxy) is 1. The van der Waals surface area contributed by atoms with E-state index < -0.39 is 10.8 Å². The quantitative estimate of drug-likeness (QED) is 0.639. The number of alkyl halides is 1. The van der Waals surface area contributed by atoms with Crippen molar-refractivity contribution in [3.63, 3.8) is 0 Å². The second kappa shape index (κ2) is 6.53. The van der Waals surface area contributed by atoms with Crippen molar-refractivity contribution in [2.75, 3.05) is 13.7 Å². The Balaban J connectivity index is 2.63. The van der Waals surface area contributed by atoms with E-state index in [9.17, 15) is 9.59 Å². The number of esters is 1. The second-order valence-corrected chi connectivity index (χ2v) is 4.82. The van der Waals surface area contributed by atoms with Gasteiger partial charge in [-0.1, -0.05) is 22.9 Å². The summed E-state index contributed by atoms with van der Waals surface area (Å²) in [5.74, 6) is -0.662. The van der Waals surface area contributed by atoms with Crippen LogP contribution in [0, 0.1) is 0 Å². The monoisotopic (exact) mass is 317 g/mol. The van der Waals surface area contributed by atoms with Gasteiger partial charge in [-0.25, -0.2) is 0 Å². The van der Waals surface area contributed by atoms with Crippen LogP contribution in [0.15, 0.2) is 6.20 Å².